The number of pyridine rings is 1. The van der Waals surface area contributed by atoms with Crippen LogP contribution in [0, 0.1) is 0 Å². The number of nitrogens with zero attached hydrogens (tertiary/aromatic N) is 4. The van der Waals surface area contributed by atoms with Crippen LogP contribution >= 0.6 is 24.8 Å². The number of halogens is 2. The summed E-state index contributed by atoms with van der Waals surface area (Å²) in [6, 6.07) is 3.64. The molecule has 134 valence electrons. The number of hydrogen-bond acceptors (Lipinski definition) is 5. The van der Waals surface area contributed by atoms with Gasteiger partial charge in [-0.15, -0.1) is 24.8 Å². The number of hydrogen-bond donors (Lipinski definition) is 1. The highest BCUT2D eigenvalue weighted by molar-refractivity contribution is 5.91. The first-order valence-electron chi connectivity index (χ1n) is 7.44. The van der Waals surface area contributed by atoms with E-state index in [0.717, 1.165) is 38.5 Å². The molecule has 0 unspecified atom stereocenters. The van der Waals surface area contributed by atoms with Gasteiger partial charge in [0.25, 0.3) is 5.91 Å². The molecule has 1 aliphatic heterocycles. The number of carbonyl (C=O) groups excluding carboxylic acids is 1. The second kappa shape index (κ2) is 9.08. The monoisotopic (exact) mass is 375 g/mol. The number of aromatic nitrogens is 2. The maximum absolute atomic E-state index is 11.3. The Morgan fingerprint density at radius 2 is 2.00 bits per heavy atom. The molecular weight excluding hydrogens is 353 g/mol. The zero-order valence-corrected chi connectivity index (χ0v) is 15.2. The van der Waals surface area contributed by atoms with Gasteiger partial charge in [0, 0.05) is 45.0 Å². The molecule has 2 aromatic heterocycles. The lowest BCUT2D eigenvalue weighted by atomic mass is 10.3. The van der Waals surface area contributed by atoms with Crippen molar-refractivity contribution >= 4 is 36.4 Å². The van der Waals surface area contributed by atoms with E-state index in [4.69, 9.17) is 10.5 Å². The van der Waals surface area contributed by atoms with E-state index >= 15 is 0 Å². The third kappa shape index (κ3) is 4.73. The maximum atomic E-state index is 11.3. The summed E-state index contributed by atoms with van der Waals surface area (Å²) < 4.78 is 7.45. The van der Waals surface area contributed by atoms with E-state index in [1.165, 1.54) is 6.20 Å². The van der Waals surface area contributed by atoms with E-state index in [-0.39, 0.29) is 24.8 Å². The fourth-order valence-electron chi connectivity index (χ4n) is 2.60. The molecule has 0 saturated carbocycles. The summed E-state index contributed by atoms with van der Waals surface area (Å²) in [7, 11) is 2.15. The lowest BCUT2D eigenvalue weighted by Crippen LogP contribution is -2.45. The van der Waals surface area contributed by atoms with Gasteiger partial charge in [-0.25, -0.2) is 4.98 Å². The molecule has 9 heteroatoms. The van der Waals surface area contributed by atoms with Crippen LogP contribution in [0.1, 0.15) is 10.5 Å². The van der Waals surface area contributed by atoms with Crippen LogP contribution in [0.4, 0.5) is 0 Å². The Bertz CT molecular complexity index is 671. The molecule has 1 aliphatic rings. The quantitative estimate of drug-likeness (QED) is 0.839. The SMILES string of the molecule is CN1CCN(CCOc2ccn3c(C(N)=O)cnc3c2)CC1.Cl.Cl. The Kier molecular flexibility index (Phi) is 7.75. The van der Waals surface area contributed by atoms with Crippen LogP contribution in [-0.4, -0.2) is 71.5 Å². The molecule has 0 radical (unpaired) electrons. The molecular formula is C15H23Cl2N5O2. The van der Waals surface area contributed by atoms with Gasteiger partial charge in [0.05, 0.1) is 6.20 Å². The minimum Gasteiger partial charge on any atom is -0.492 e. The topological polar surface area (TPSA) is 76.1 Å². The fourth-order valence-corrected chi connectivity index (χ4v) is 2.60. The van der Waals surface area contributed by atoms with Gasteiger partial charge in [-0.05, 0) is 13.1 Å². The highest BCUT2D eigenvalue weighted by atomic mass is 35.5. The minimum absolute atomic E-state index is 0. The van der Waals surface area contributed by atoms with Crippen molar-refractivity contribution in [2.24, 2.45) is 5.73 Å². The summed E-state index contributed by atoms with van der Waals surface area (Å²) in [6.07, 6.45) is 3.24. The molecule has 2 N–H and O–H groups in total. The van der Waals surface area contributed by atoms with Crippen LogP contribution in [0.3, 0.4) is 0 Å². The molecule has 1 amide bonds. The zero-order valence-electron chi connectivity index (χ0n) is 13.6. The summed E-state index contributed by atoms with van der Waals surface area (Å²) in [5.41, 5.74) is 6.33. The fraction of sp³-hybridized carbons (Fsp3) is 0.467. The van der Waals surface area contributed by atoms with Crippen molar-refractivity contribution in [2.45, 2.75) is 0 Å². The zero-order chi connectivity index (χ0) is 15.5. The van der Waals surface area contributed by atoms with E-state index in [1.54, 1.807) is 10.6 Å². The van der Waals surface area contributed by atoms with Gasteiger partial charge in [-0.3, -0.25) is 14.1 Å². The highest BCUT2D eigenvalue weighted by Crippen LogP contribution is 2.15. The molecule has 3 rings (SSSR count). The lowest BCUT2D eigenvalue weighted by Gasteiger charge is -2.32. The Morgan fingerprint density at radius 3 is 2.67 bits per heavy atom. The predicted octanol–water partition coefficient (Wildman–Crippen LogP) is 0.903. The van der Waals surface area contributed by atoms with Crippen molar-refractivity contribution in [3.63, 3.8) is 0 Å². The van der Waals surface area contributed by atoms with Crippen LogP contribution in [-0.2, 0) is 0 Å². The molecule has 0 atom stereocenters. The maximum Gasteiger partial charge on any atom is 0.267 e. The summed E-state index contributed by atoms with van der Waals surface area (Å²) in [6.45, 7) is 5.94. The number of ether oxygens (including phenoxy) is 1. The van der Waals surface area contributed by atoms with E-state index in [0.29, 0.717) is 17.9 Å². The molecule has 0 bridgehead atoms. The molecule has 1 saturated heterocycles. The van der Waals surface area contributed by atoms with Gasteiger partial charge in [0.2, 0.25) is 0 Å². The Morgan fingerprint density at radius 1 is 1.29 bits per heavy atom. The van der Waals surface area contributed by atoms with Crippen LogP contribution in [0.15, 0.2) is 24.5 Å². The van der Waals surface area contributed by atoms with E-state index in [9.17, 15) is 4.79 Å². The van der Waals surface area contributed by atoms with Crippen LogP contribution < -0.4 is 10.5 Å². The second-order valence-electron chi connectivity index (χ2n) is 5.59. The van der Waals surface area contributed by atoms with Gasteiger partial charge < -0.3 is 15.4 Å². The molecule has 3 heterocycles. The number of likely N-dealkylation sites (N-methyl/N-ethyl adjacent to an activating group) is 1. The molecule has 24 heavy (non-hydrogen) atoms. The van der Waals surface area contributed by atoms with Crippen LogP contribution in [0.5, 0.6) is 5.75 Å². The average Bonchev–Trinajstić information content (AvgIpc) is 2.92. The van der Waals surface area contributed by atoms with Crippen molar-refractivity contribution in [3.05, 3.63) is 30.2 Å². The number of rotatable bonds is 5. The van der Waals surface area contributed by atoms with E-state index in [1.807, 2.05) is 12.1 Å². The third-order valence-corrected chi connectivity index (χ3v) is 4.01. The minimum atomic E-state index is -0.490. The first kappa shape index (κ1) is 20.5. The summed E-state index contributed by atoms with van der Waals surface area (Å²) in [5.74, 6) is 0.263. The first-order valence-corrected chi connectivity index (χ1v) is 7.44. The standard InChI is InChI=1S/C15H21N5O2.2ClH/c1-18-4-6-19(7-5-18)8-9-22-12-2-3-20-13(15(16)21)11-17-14(20)10-12;;/h2-3,10-11H,4-9H2,1H3,(H2,16,21);2*1H. The van der Waals surface area contributed by atoms with Gasteiger partial charge in [-0.2, -0.15) is 0 Å². The molecule has 1 fully saturated rings. The number of imidazole rings is 1. The number of carbonyl (C=O) groups is 1. The van der Waals surface area contributed by atoms with Gasteiger partial charge in [0.1, 0.15) is 23.7 Å². The number of primary amides is 1. The van der Waals surface area contributed by atoms with Crippen molar-refractivity contribution < 1.29 is 9.53 Å². The smallest absolute Gasteiger partial charge is 0.267 e. The second-order valence-corrected chi connectivity index (χ2v) is 5.59. The normalized spacial score (nSPS) is 15.5. The van der Waals surface area contributed by atoms with Crippen LogP contribution in [0.25, 0.3) is 5.65 Å². The van der Waals surface area contributed by atoms with Crippen LogP contribution in [0.2, 0.25) is 0 Å². The Labute approximate surface area is 153 Å². The molecule has 0 aliphatic carbocycles. The number of amides is 1. The Balaban J connectivity index is 0.00000144. The van der Waals surface area contributed by atoms with Crippen molar-refractivity contribution in [2.75, 3.05) is 46.4 Å². The molecule has 7 nitrogen and oxygen atoms in total. The summed E-state index contributed by atoms with van der Waals surface area (Å²) in [4.78, 5) is 20.2. The molecule has 0 spiro atoms. The van der Waals surface area contributed by atoms with Gasteiger partial charge in [0.15, 0.2) is 0 Å². The van der Waals surface area contributed by atoms with Crippen molar-refractivity contribution in [1.29, 1.82) is 0 Å². The number of piperazine rings is 1. The van der Waals surface area contributed by atoms with Gasteiger partial charge >= 0.3 is 0 Å². The number of nitrogens with two attached hydrogens (primary N) is 1. The van der Waals surface area contributed by atoms with E-state index < -0.39 is 5.91 Å². The third-order valence-electron chi connectivity index (χ3n) is 4.01. The summed E-state index contributed by atoms with van der Waals surface area (Å²) in [5, 5.41) is 0. The largest absolute Gasteiger partial charge is 0.492 e. The molecule has 2 aromatic rings. The first-order chi connectivity index (χ1) is 10.6. The highest BCUT2D eigenvalue weighted by Gasteiger charge is 2.13. The lowest BCUT2D eigenvalue weighted by molar-refractivity contribution is 0.0994. The Hall–Kier alpha value is -1.54. The van der Waals surface area contributed by atoms with Crippen molar-refractivity contribution in [1.82, 2.24) is 19.2 Å². The molecule has 0 aromatic carbocycles. The number of fused-ring (bicyclic) bond motifs is 1. The van der Waals surface area contributed by atoms with Crippen molar-refractivity contribution in [3.8, 4) is 5.75 Å². The summed E-state index contributed by atoms with van der Waals surface area (Å²) >= 11 is 0. The average molecular weight is 376 g/mol. The van der Waals surface area contributed by atoms with Gasteiger partial charge in [-0.1, -0.05) is 0 Å². The van der Waals surface area contributed by atoms with E-state index in [2.05, 4.69) is 21.8 Å². The predicted molar refractivity (Wildman–Crippen MR) is 97.6 cm³/mol.